The van der Waals surface area contributed by atoms with Crippen molar-refractivity contribution in [2.75, 3.05) is 13.2 Å². The fraction of sp³-hybridized carbons (Fsp3) is 0.769. The summed E-state index contributed by atoms with van der Waals surface area (Å²) in [7, 11) is 0. The maximum atomic E-state index is 5.86. The van der Waals surface area contributed by atoms with E-state index in [9.17, 15) is 0 Å². The second-order valence-corrected chi connectivity index (χ2v) is 5.54. The lowest BCUT2D eigenvalue weighted by Gasteiger charge is -2.25. The van der Waals surface area contributed by atoms with Crippen LogP contribution in [-0.4, -0.2) is 29.0 Å². The van der Waals surface area contributed by atoms with E-state index >= 15 is 0 Å². The molecule has 2 rings (SSSR count). The summed E-state index contributed by atoms with van der Waals surface area (Å²) in [6.45, 7) is 7.08. The molecule has 0 bridgehead atoms. The molecule has 0 saturated carbocycles. The van der Waals surface area contributed by atoms with Crippen LogP contribution in [0.3, 0.4) is 0 Å². The number of likely N-dealkylation sites (N-methyl/N-ethyl adjacent to an activating group) is 1. The van der Waals surface area contributed by atoms with Crippen molar-refractivity contribution >= 4 is 15.9 Å². The summed E-state index contributed by atoms with van der Waals surface area (Å²) < 4.78 is 9.03. The molecule has 1 aromatic heterocycles. The van der Waals surface area contributed by atoms with Crippen molar-refractivity contribution in [3.05, 3.63) is 16.4 Å². The number of halogens is 1. The lowest BCUT2D eigenvalue weighted by Crippen LogP contribution is -2.33. The number of hydrogen-bond acceptors (Lipinski definition) is 3. The second-order valence-electron chi connectivity index (χ2n) is 4.69. The van der Waals surface area contributed by atoms with Crippen LogP contribution in [0.2, 0.25) is 0 Å². The number of hydrogen-bond donors (Lipinski definition) is 1. The Balaban J connectivity index is 2.25. The third-order valence-corrected chi connectivity index (χ3v) is 3.93. The molecule has 0 aliphatic carbocycles. The Labute approximate surface area is 117 Å². The van der Waals surface area contributed by atoms with Gasteiger partial charge in [-0.25, -0.2) is 0 Å². The van der Waals surface area contributed by atoms with Gasteiger partial charge in [0.1, 0.15) is 0 Å². The molecule has 1 aliphatic rings. The van der Waals surface area contributed by atoms with Gasteiger partial charge in [-0.3, -0.25) is 4.68 Å². The molecule has 0 spiro atoms. The molecule has 0 aromatic carbocycles. The minimum absolute atomic E-state index is 0.237. The van der Waals surface area contributed by atoms with Gasteiger partial charge in [0.2, 0.25) is 0 Å². The molecule has 5 heteroatoms. The normalized spacial score (nSPS) is 21.4. The standard InChI is InChI=1S/C13H22BrN3O/c1-3-7-17-13(10(14)9-16-17)12(15-4-2)11-6-5-8-18-11/h9,11-12,15H,3-8H2,1-2H3. The summed E-state index contributed by atoms with van der Waals surface area (Å²) >= 11 is 3.63. The number of nitrogens with one attached hydrogen (secondary N) is 1. The first-order valence-corrected chi connectivity index (χ1v) is 7.63. The minimum atomic E-state index is 0.237. The molecule has 4 nitrogen and oxygen atoms in total. The van der Waals surface area contributed by atoms with Gasteiger partial charge in [-0.2, -0.15) is 5.10 Å². The van der Waals surface area contributed by atoms with Crippen LogP contribution < -0.4 is 5.32 Å². The predicted octanol–water partition coefficient (Wildman–Crippen LogP) is 2.89. The average Bonchev–Trinajstić information content (AvgIpc) is 2.98. The van der Waals surface area contributed by atoms with Gasteiger partial charge in [0, 0.05) is 13.2 Å². The molecule has 102 valence electrons. The fourth-order valence-corrected chi connectivity index (χ4v) is 3.10. The number of ether oxygens (including phenoxy) is 1. The van der Waals surface area contributed by atoms with Gasteiger partial charge in [-0.05, 0) is 41.7 Å². The summed E-state index contributed by atoms with van der Waals surface area (Å²) in [5, 5.41) is 8.01. The second kappa shape index (κ2) is 6.68. The first-order chi connectivity index (χ1) is 8.77. The van der Waals surface area contributed by atoms with Crippen molar-refractivity contribution in [3.63, 3.8) is 0 Å². The lowest BCUT2D eigenvalue weighted by molar-refractivity contribution is 0.0757. The molecular formula is C13H22BrN3O. The zero-order chi connectivity index (χ0) is 13.0. The van der Waals surface area contributed by atoms with E-state index in [0.717, 1.165) is 43.4 Å². The van der Waals surface area contributed by atoms with Crippen molar-refractivity contribution < 1.29 is 4.74 Å². The van der Waals surface area contributed by atoms with Gasteiger partial charge in [-0.1, -0.05) is 13.8 Å². The molecule has 1 N–H and O–H groups in total. The van der Waals surface area contributed by atoms with E-state index in [2.05, 4.69) is 44.9 Å². The highest BCUT2D eigenvalue weighted by Gasteiger charge is 2.30. The van der Waals surface area contributed by atoms with Crippen molar-refractivity contribution in [1.82, 2.24) is 15.1 Å². The predicted molar refractivity (Wildman–Crippen MR) is 75.6 cm³/mol. The van der Waals surface area contributed by atoms with E-state index in [0.29, 0.717) is 0 Å². The van der Waals surface area contributed by atoms with E-state index in [1.54, 1.807) is 0 Å². The summed E-state index contributed by atoms with van der Waals surface area (Å²) in [5.41, 5.74) is 1.23. The topological polar surface area (TPSA) is 39.1 Å². The maximum Gasteiger partial charge on any atom is 0.0786 e. The van der Waals surface area contributed by atoms with Crippen molar-refractivity contribution in [3.8, 4) is 0 Å². The van der Waals surface area contributed by atoms with E-state index in [1.165, 1.54) is 5.69 Å². The molecule has 0 amide bonds. The highest BCUT2D eigenvalue weighted by molar-refractivity contribution is 9.10. The Morgan fingerprint density at radius 1 is 1.61 bits per heavy atom. The molecule has 1 saturated heterocycles. The highest BCUT2D eigenvalue weighted by atomic mass is 79.9. The highest BCUT2D eigenvalue weighted by Crippen LogP contribution is 2.31. The largest absolute Gasteiger partial charge is 0.376 e. The maximum absolute atomic E-state index is 5.86. The third kappa shape index (κ3) is 2.95. The Kier molecular flexibility index (Phi) is 5.21. The first kappa shape index (κ1) is 14.0. The molecule has 2 atom stereocenters. The van der Waals surface area contributed by atoms with Crippen LogP contribution in [-0.2, 0) is 11.3 Å². The Morgan fingerprint density at radius 2 is 2.44 bits per heavy atom. The van der Waals surface area contributed by atoms with E-state index in [1.807, 2.05) is 6.20 Å². The van der Waals surface area contributed by atoms with Gasteiger partial charge in [0.05, 0.1) is 28.5 Å². The summed E-state index contributed by atoms with van der Waals surface area (Å²) in [6, 6.07) is 0.237. The molecule has 1 aliphatic heterocycles. The van der Waals surface area contributed by atoms with Crippen molar-refractivity contribution in [1.29, 1.82) is 0 Å². The van der Waals surface area contributed by atoms with Crippen LogP contribution in [0.15, 0.2) is 10.7 Å². The smallest absolute Gasteiger partial charge is 0.0786 e. The van der Waals surface area contributed by atoms with E-state index < -0.39 is 0 Å². The zero-order valence-corrected chi connectivity index (χ0v) is 12.7. The monoisotopic (exact) mass is 315 g/mol. The fourth-order valence-electron chi connectivity index (χ4n) is 2.56. The van der Waals surface area contributed by atoms with Gasteiger partial charge in [0.15, 0.2) is 0 Å². The van der Waals surface area contributed by atoms with Gasteiger partial charge >= 0.3 is 0 Å². The quantitative estimate of drug-likeness (QED) is 0.877. The summed E-state index contributed by atoms with van der Waals surface area (Å²) in [6.07, 6.45) is 5.54. The molecule has 1 fully saturated rings. The van der Waals surface area contributed by atoms with E-state index in [-0.39, 0.29) is 12.1 Å². The van der Waals surface area contributed by atoms with Crippen molar-refractivity contribution in [2.24, 2.45) is 0 Å². The molecule has 0 radical (unpaired) electrons. The molecule has 18 heavy (non-hydrogen) atoms. The lowest BCUT2D eigenvalue weighted by atomic mass is 10.0. The number of aromatic nitrogens is 2. The Hall–Kier alpha value is -0.390. The number of aryl methyl sites for hydroxylation is 1. The Morgan fingerprint density at radius 3 is 3.06 bits per heavy atom. The van der Waals surface area contributed by atoms with Crippen LogP contribution >= 0.6 is 15.9 Å². The molecule has 1 aromatic rings. The van der Waals surface area contributed by atoms with Crippen LogP contribution in [0.1, 0.15) is 44.8 Å². The minimum Gasteiger partial charge on any atom is -0.376 e. The van der Waals surface area contributed by atoms with Gasteiger partial charge in [0.25, 0.3) is 0 Å². The van der Waals surface area contributed by atoms with Crippen LogP contribution in [0.4, 0.5) is 0 Å². The SMILES string of the molecule is CCCn1ncc(Br)c1C(NCC)C1CCCO1. The van der Waals surface area contributed by atoms with Crippen LogP contribution in [0, 0.1) is 0 Å². The third-order valence-electron chi connectivity index (χ3n) is 3.32. The van der Waals surface area contributed by atoms with Gasteiger partial charge < -0.3 is 10.1 Å². The Bertz CT molecular complexity index is 374. The molecule has 2 heterocycles. The number of rotatable bonds is 6. The van der Waals surface area contributed by atoms with Gasteiger partial charge in [-0.15, -0.1) is 0 Å². The van der Waals surface area contributed by atoms with Crippen LogP contribution in [0.25, 0.3) is 0 Å². The number of nitrogens with zero attached hydrogens (tertiary/aromatic N) is 2. The first-order valence-electron chi connectivity index (χ1n) is 6.84. The summed E-state index contributed by atoms with van der Waals surface area (Å²) in [5.74, 6) is 0. The average molecular weight is 316 g/mol. The van der Waals surface area contributed by atoms with Crippen LogP contribution in [0.5, 0.6) is 0 Å². The van der Waals surface area contributed by atoms with E-state index in [4.69, 9.17) is 4.74 Å². The summed E-state index contributed by atoms with van der Waals surface area (Å²) in [4.78, 5) is 0. The zero-order valence-electron chi connectivity index (χ0n) is 11.2. The van der Waals surface area contributed by atoms with Crippen molar-refractivity contribution in [2.45, 2.75) is 51.8 Å². The molecular weight excluding hydrogens is 294 g/mol. The molecule has 2 unspecified atom stereocenters.